The number of nitrogens with two attached hydrogens (primary N) is 2. The minimum atomic E-state index is -1.30. The van der Waals surface area contributed by atoms with Crippen molar-refractivity contribution in [3.05, 3.63) is 71.8 Å². The lowest BCUT2D eigenvalue weighted by Crippen LogP contribution is -2.57. The zero-order valence-corrected chi connectivity index (χ0v) is 18.5. The smallest absolute Gasteiger partial charge is 0.163 e. The molecule has 1 aliphatic rings. The molecule has 0 heterocycles. The molecule has 2 aromatic carbocycles. The Labute approximate surface area is 189 Å². The minimum Gasteiger partial charge on any atom is -0.396 e. The van der Waals surface area contributed by atoms with E-state index in [1.165, 1.54) is 0 Å². The summed E-state index contributed by atoms with van der Waals surface area (Å²) in [7, 11) is 0. The van der Waals surface area contributed by atoms with Crippen molar-refractivity contribution in [1.29, 1.82) is 0 Å². The van der Waals surface area contributed by atoms with Crippen molar-refractivity contribution in [2.45, 2.75) is 50.6 Å². The molecule has 6 nitrogen and oxygen atoms in total. The number of carbonyl (C=O) groups is 2. The summed E-state index contributed by atoms with van der Waals surface area (Å²) < 4.78 is 0. The summed E-state index contributed by atoms with van der Waals surface area (Å²) in [6.07, 6.45) is 1.89. The third kappa shape index (κ3) is 5.15. The normalized spacial score (nSPS) is 19.1. The monoisotopic (exact) mass is 438 g/mol. The summed E-state index contributed by atoms with van der Waals surface area (Å²) in [5, 5.41) is 19.6. The number of benzene rings is 2. The first kappa shape index (κ1) is 24.3. The second kappa shape index (κ2) is 10.5. The Kier molecular flexibility index (Phi) is 7.96. The first-order chi connectivity index (χ1) is 15.4. The van der Waals surface area contributed by atoms with Crippen molar-refractivity contribution < 1.29 is 19.8 Å². The molecule has 1 fully saturated rings. The molecule has 172 valence electrons. The van der Waals surface area contributed by atoms with E-state index in [9.17, 15) is 19.8 Å². The van der Waals surface area contributed by atoms with E-state index in [0.717, 1.165) is 11.1 Å². The van der Waals surface area contributed by atoms with E-state index in [1.807, 2.05) is 60.7 Å². The van der Waals surface area contributed by atoms with Gasteiger partial charge in [-0.1, -0.05) is 60.7 Å². The highest BCUT2D eigenvalue weighted by Gasteiger charge is 2.53. The zero-order valence-electron chi connectivity index (χ0n) is 18.5. The van der Waals surface area contributed by atoms with Crippen molar-refractivity contribution >= 4 is 11.6 Å². The molecule has 1 saturated carbocycles. The van der Waals surface area contributed by atoms with Crippen molar-refractivity contribution in [3.8, 4) is 0 Å². The van der Waals surface area contributed by atoms with E-state index < -0.39 is 22.9 Å². The molecule has 0 bridgehead atoms. The summed E-state index contributed by atoms with van der Waals surface area (Å²) >= 11 is 0. The first-order valence-electron chi connectivity index (χ1n) is 11.3. The molecule has 0 radical (unpaired) electrons. The topological polar surface area (TPSA) is 127 Å². The van der Waals surface area contributed by atoms with Crippen molar-refractivity contribution in [3.63, 3.8) is 0 Å². The van der Waals surface area contributed by atoms with Crippen molar-refractivity contribution in [2.75, 3.05) is 13.2 Å². The first-order valence-corrected chi connectivity index (χ1v) is 11.3. The predicted molar refractivity (Wildman–Crippen MR) is 124 cm³/mol. The lowest BCUT2D eigenvalue weighted by atomic mass is 9.58. The molecule has 1 aliphatic carbocycles. The van der Waals surface area contributed by atoms with Crippen LogP contribution < -0.4 is 11.5 Å². The Bertz CT molecular complexity index is 825. The largest absolute Gasteiger partial charge is 0.396 e. The summed E-state index contributed by atoms with van der Waals surface area (Å²) in [6, 6.07) is 17.3. The average Bonchev–Trinajstić information content (AvgIpc) is 2.84. The maximum absolute atomic E-state index is 13.7. The molecule has 0 unspecified atom stereocenters. The molecule has 6 heteroatoms. The standard InChI is InChI=1S/C26H34N2O4/c27-21(15-19-7-3-1-4-8-19)23(31)26(13-11-25(17-29,18-30)12-14-26)24(32)22(28)16-20-9-5-2-6-10-20/h1-10,21-22,29-30H,11-18,27-28H2/t21-,22-/m0/s1. The number of hydrogen-bond donors (Lipinski definition) is 4. The average molecular weight is 439 g/mol. The SMILES string of the molecule is N[C@@H](Cc1ccccc1)C(=O)C1(C(=O)[C@@H](N)Cc2ccccc2)CCC(CO)(CO)CC1. The third-order valence-corrected chi connectivity index (χ3v) is 7.05. The van der Waals surface area contributed by atoms with E-state index in [0.29, 0.717) is 25.7 Å². The van der Waals surface area contributed by atoms with Gasteiger partial charge in [0.1, 0.15) is 0 Å². The fourth-order valence-electron chi connectivity index (χ4n) is 4.82. The van der Waals surface area contributed by atoms with Crippen LogP contribution >= 0.6 is 0 Å². The minimum absolute atomic E-state index is 0.186. The molecule has 32 heavy (non-hydrogen) atoms. The van der Waals surface area contributed by atoms with Crippen LogP contribution in [0.4, 0.5) is 0 Å². The molecular weight excluding hydrogens is 404 g/mol. The number of rotatable bonds is 10. The number of aliphatic hydroxyl groups is 2. The van der Waals surface area contributed by atoms with Crippen LogP contribution in [0.2, 0.25) is 0 Å². The Balaban J connectivity index is 1.85. The van der Waals surface area contributed by atoms with Gasteiger partial charge in [0.2, 0.25) is 0 Å². The highest BCUT2D eigenvalue weighted by Crippen LogP contribution is 2.47. The predicted octanol–water partition coefficient (Wildman–Crippen LogP) is 1.80. The zero-order chi connectivity index (χ0) is 23.2. The van der Waals surface area contributed by atoms with Gasteiger partial charge in [0.15, 0.2) is 11.6 Å². The fourth-order valence-corrected chi connectivity index (χ4v) is 4.82. The number of ketones is 2. The summed E-state index contributed by atoms with van der Waals surface area (Å²) in [5.74, 6) is -0.585. The second-order valence-electron chi connectivity index (χ2n) is 9.22. The molecular formula is C26H34N2O4. The molecule has 2 atom stereocenters. The van der Waals surface area contributed by atoms with Gasteiger partial charge in [-0.05, 0) is 49.7 Å². The Morgan fingerprint density at radius 3 is 1.44 bits per heavy atom. The Morgan fingerprint density at radius 1 is 0.719 bits per heavy atom. The van der Waals surface area contributed by atoms with Gasteiger partial charge < -0.3 is 21.7 Å². The van der Waals surface area contributed by atoms with Crippen LogP contribution in [0, 0.1) is 10.8 Å². The lowest BCUT2D eigenvalue weighted by molar-refractivity contribution is -0.148. The van der Waals surface area contributed by atoms with E-state index in [-0.39, 0.29) is 37.6 Å². The van der Waals surface area contributed by atoms with Gasteiger partial charge in [0.05, 0.1) is 30.7 Å². The highest BCUT2D eigenvalue weighted by atomic mass is 16.3. The number of hydrogen-bond acceptors (Lipinski definition) is 6. The van der Waals surface area contributed by atoms with Crippen LogP contribution in [0.5, 0.6) is 0 Å². The van der Waals surface area contributed by atoms with Gasteiger partial charge in [0.25, 0.3) is 0 Å². The lowest BCUT2D eigenvalue weighted by Gasteiger charge is -2.45. The van der Waals surface area contributed by atoms with Crippen LogP contribution in [0.3, 0.4) is 0 Å². The third-order valence-electron chi connectivity index (χ3n) is 7.05. The highest BCUT2D eigenvalue weighted by molar-refractivity contribution is 6.11. The van der Waals surface area contributed by atoms with Crippen LogP contribution in [0.1, 0.15) is 36.8 Å². The van der Waals surface area contributed by atoms with Crippen LogP contribution in [-0.4, -0.2) is 47.1 Å². The van der Waals surface area contributed by atoms with E-state index in [1.54, 1.807) is 0 Å². The van der Waals surface area contributed by atoms with Crippen LogP contribution in [0.25, 0.3) is 0 Å². The van der Waals surface area contributed by atoms with Crippen molar-refractivity contribution in [1.82, 2.24) is 0 Å². The van der Waals surface area contributed by atoms with Gasteiger partial charge in [-0.3, -0.25) is 9.59 Å². The van der Waals surface area contributed by atoms with E-state index >= 15 is 0 Å². The van der Waals surface area contributed by atoms with Crippen LogP contribution in [-0.2, 0) is 22.4 Å². The maximum atomic E-state index is 13.7. The quantitative estimate of drug-likeness (QED) is 0.419. The van der Waals surface area contributed by atoms with E-state index in [2.05, 4.69) is 0 Å². The molecule has 0 aliphatic heterocycles. The molecule has 0 aromatic heterocycles. The van der Waals surface area contributed by atoms with Gasteiger partial charge in [-0.25, -0.2) is 0 Å². The Morgan fingerprint density at radius 2 is 1.09 bits per heavy atom. The molecule has 0 spiro atoms. The molecule has 0 amide bonds. The fraction of sp³-hybridized carbons (Fsp3) is 0.462. The molecule has 0 saturated heterocycles. The summed E-state index contributed by atoms with van der Waals surface area (Å²) in [5.41, 5.74) is 12.6. The maximum Gasteiger partial charge on any atom is 0.163 e. The number of aliphatic hydroxyl groups excluding tert-OH is 2. The second-order valence-corrected chi connectivity index (χ2v) is 9.22. The molecule has 6 N–H and O–H groups in total. The van der Waals surface area contributed by atoms with Gasteiger partial charge in [-0.2, -0.15) is 0 Å². The van der Waals surface area contributed by atoms with Gasteiger partial charge in [0, 0.05) is 5.41 Å². The van der Waals surface area contributed by atoms with E-state index in [4.69, 9.17) is 11.5 Å². The number of carbonyl (C=O) groups excluding carboxylic acids is 2. The summed E-state index contributed by atoms with van der Waals surface area (Å²) in [4.78, 5) is 27.4. The molecule has 2 aromatic rings. The molecule has 3 rings (SSSR count). The van der Waals surface area contributed by atoms with Crippen molar-refractivity contribution in [2.24, 2.45) is 22.3 Å². The number of Topliss-reactive ketones (excluding diaryl/α,β-unsaturated/α-hetero) is 2. The van der Waals surface area contributed by atoms with Crippen LogP contribution in [0.15, 0.2) is 60.7 Å². The summed E-state index contributed by atoms with van der Waals surface area (Å²) in [6.45, 7) is -0.373. The Hall–Kier alpha value is -2.38. The van der Waals surface area contributed by atoms with Gasteiger partial charge in [-0.15, -0.1) is 0 Å². The van der Waals surface area contributed by atoms with Gasteiger partial charge >= 0.3 is 0 Å².